The quantitative estimate of drug-likeness (QED) is 0.351. The maximum absolute atomic E-state index is 14.0. The third-order valence-electron chi connectivity index (χ3n) is 5.80. The molecule has 3 aromatic rings. The molecule has 198 valence electrons. The van der Waals surface area contributed by atoms with Gasteiger partial charge in [-0.1, -0.05) is 6.42 Å². The first-order valence-electron chi connectivity index (χ1n) is 10.7. The summed E-state index contributed by atoms with van der Waals surface area (Å²) in [6.07, 6.45) is -7.23. The first-order chi connectivity index (χ1) is 17.2. The van der Waals surface area contributed by atoms with E-state index in [1.807, 2.05) is 0 Å². The third-order valence-corrected chi connectivity index (χ3v) is 7.72. The first kappa shape index (κ1) is 26.6. The zero-order valence-corrected chi connectivity index (χ0v) is 19.3. The van der Waals surface area contributed by atoms with Crippen LogP contribution in [0, 0.1) is 11.7 Å². The Labute approximate surface area is 205 Å². The molecule has 1 atom stereocenters. The number of sulfone groups is 1. The first-order valence-corrected chi connectivity index (χ1v) is 12.2. The molecular formula is C22H17F7N4O3S. The van der Waals surface area contributed by atoms with Crippen molar-refractivity contribution >= 4 is 15.7 Å². The zero-order valence-electron chi connectivity index (χ0n) is 18.5. The highest BCUT2D eigenvalue weighted by atomic mass is 32.2. The van der Waals surface area contributed by atoms with Crippen LogP contribution < -0.4 is 5.32 Å². The van der Waals surface area contributed by atoms with Crippen molar-refractivity contribution < 1.29 is 43.9 Å². The Hall–Kier alpha value is -3.49. The summed E-state index contributed by atoms with van der Waals surface area (Å²) in [5.74, 6) is -2.19. The van der Waals surface area contributed by atoms with E-state index in [1.165, 1.54) is 0 Å². The van der Waals surface area contributed by atoms with Gasteiger partial charge in [0, 0.05) is 17.7 Å². The molecule has 1 unspecified atom stereocenters. The van der Waals surface area contributed by atoms with Gasteiger partial charge in [0.05, 0.1) is 16.8 Å². The predicted molar refractivity (Wildman–Crippen MR) is 113 cm³/mol. The number of rotatable bonds is 6. The molecule has 0 radical (unpaired) electrons. The molecule has 15 heteroatoms. The lowest BCUT2D eigenvalue weighted by molar-refractivity contribution is -0.142. The van der Waals surface area contributed by atoms with Gasteiger partial charge in [0.1, 0.15) is 11.5 Å². The van der Waals surface area contributed by atoms with Crippen LogP contribution in [0.3, 0.4) is 0 Å². The number of halogens is 7. The number of nitrogens with one attached hydrogen (secondary N) is 1. The molecule has 4 rings (SSSR count). The molecule has 7 nitrogen and oxygen atoms in total. The number of carbonyl (C=O) groups excluding carboxylic acids is 1. The van der Waals surface area contributed by atoms with Crippen molar-refractivity contribution in [1.29, 1.82) is 0 Å². The monoisotopic (exact) mass is 550 g/mol. The summed E-state index contributed by atoms with van der Waals surface area (Å²) >= 11 is 0. The van der Waals surface area contributed by atoms with Crippen LogP contribution in [0.4, 0.5) is 30.7 Å². The summed E-state index contributed by atoms with van der Waals surface area (Å²) in [5.41, 5.74) is -4.28. The van der Waals surface area contributed by atoms with E-state index in [-0.39, 0.29) is 5.69 Å². The minimum Gasteiger partial charge on any atom is -0.335 e. The van der Waals surface area contributed by atoms with Gasteiger partial charge in [-0.15, -0.1) is 0 Å². The summed E-state index contributed by atoms with van der Waals surface area (Å²) in [6.45, 7) is 0. The molecule has 0 spiro atoms. The predicted octanol–water partition coefficient (Wildman–Crippen LogP) is 4.83. The number of alkyl halides is 6. The molecule has 1 aliphatic rings. The van der Waals surface area contributed by atoms with Crippen LogP contribution in [-0.4, -0.2) is 29.1 Å². The zero-order chi connectivity index (χ0) is 27.2. The van der Waals surface area contributed by atoms with Crippen LogP contribution in [0.15, 0.2) is 53.7 Å². The average Bonchev–Trinajstić information content (AvgIpc) is 3.21. The van der Waals surface area contributed by atoms with E-state index in [4.69, 9.17) is 0 Å². The van der Waals surface area contributed by atoms with Crippen LogP contribution in [0.1, 0.15) is 41.6 Å². The van der Waals surface area contributed by atoms with Crippen molar-refractivity contribution in [3.05, 3.63) is 71.6 Å². The second kappa shape index (κ2) is 9.43. The maximum Gasteiger partial charge on any atom is 0.435 e. The highest BCUT2D eigenvalue weighted by molar-refractivity contribution is 7.91. The smallest absolute Gasteiger partial charge is 0.335 e. The molecule has 0 saturated heterocycles. The molecule has 1 aliphatic carbocycles. The highest BCUT2D eigenvalue weighted by Gasteiger charge is 2.44. The number of hydrogen-bond donors (Lipinski definition) is 1. The Bertz CT molecular complexity index is 1400. The van der Waals surface area contributed by atoms with Gasteiger partial charge < -0.3 is 5.32 Å². The van der Waals surface area contributed by atoms with Crippen LogP contribution in [-0.2, 0) is 27.0 Å². The molecule has 1 N–H and O–H groups in total. The lowest BCUT2D eigenvalue weighted by atomic mass is 9.85. The van der Waals surface area contributed by atoms with E-state index in [1.54, 1.807) is 0 Å². The number of amides is 1. The summed E-state index contributed by atoms with van der Waals surface area (Å²) < 4.78 is 121. The van der Waals surface area contributed by atoms with Gasteiger partial charge in [-0.05, 0) is 49.2 Å². The third kappa shape index (κ3) is 5.45. The van der Waals surface area contributed by atoms with Gasteiger partial charge >= 0.3 is 12.4 Å². The van der Waals surface area contributed by atoms with Gasteiger partial charge in [0.15, 0.2) is 11.1 Å². The number of aromatic nitrogens is 3. The summed E-state index contributed by atoms with van der Waals surface area (Å²) in [4.78, 5) is 15.3. The fourth-order valence-electron chi connectivity index (χ4n) is 3.62. The topological polar surface area (TPSA) is 93.9 Å². The van der Waals surface area contributed by atoms with Crippen LogP contribution in [0.5, 0.6) is 0 Å². The fourth-order valence-corrected chi connectivity index (χ4v) is 5.19. The van der Waals surface area contributed by atoms with E-state index in [2.05, 4.69) is 15.4 Å². The maximum atomic E-state index is 14.0. The Morgan fingerprint density at radius 1 is 1.00 bits per heavy atom. The molecule has 1 aromatic carbocycles. The molecular weight excluding hydrogens is 533 g/mol. The molecule has 0 aliphatic heterocycles. The molecule has 2 heterocycles. The largest absolute Gasteiger partial charge is 0.435 e. The number of carbonyl (C=O) groups is 1. The van der Waals surface area contributed by atoms with Crippen LogP contribution in [0.2, 0.25) is 0 Å². The van der Waals surface area contributed by atoms with E-state index in [0.29, 0.717) is 42.4 Å². The van der Waals surface area contributed by atoms with E-state index in [9.17, 15) is 43.9 Å². The highest BCUT2D eigenvalue weighted by Crippen LogP contribution is 2.39. The van der Waals surface area contributed by atoms with Crippen molar-refractivity contribution in [3.8, 4) is 5.69 Å². The minimum absolute atomic E-state index is 0.326. The average molecular weight is 550 g/mol. The van der Waals surface area contributed by atoms with E-state index < -0.39 is 67.1 Å². The van der Waals surface area contributed by atoms with E-state index >= 15 is 0 Å². The van der Waals surface area contributed by atoms with Crippen LogP contribution >= 0.6 is 0 Å². The summed E-state index contributed by atoms with van der Waals surface area (Å²) in [7, 11) is -4.78. The normalized spacial score (nSPS) is 15.8. The lowest BCUT2D eigenvalue weighted by Gasteiger charge is -2.27. The fraction of sp³-hybridized carbons (Fsp3) is 0.318. The molecule has 1 fully saturated rings. The molecule has 2 aromatic heterocycles. The second-order valence-electron chi connectivity index (χ2n) is 8.29. The van der Waals surface area contributed by atoms with Gasteiger partial charge in [0.25, 0.3) is 0 Å². The summed E-state index contributed by atoms with van der Waals surface area (Å²) in [5, 5.41) is 3.24. The number of nitrogens with zero attached hydrogens (tertiary/aromatic N) is 3. The number of pyridine rings is 1. The van der Waals surface area contributed by atoms with Gasteiger partial charge in [-0.2, -0.15) is 31.4 Å². The Morgan fingerprint density at radius 2 is 1.65 bits per heavy atom. The van der Waals surface area contributed by atoms with Crippen molar-refractivity contribution in [1.82, 2.24) is 20.1 Å². The molecule has 37 heavy (non-hydrogen) atoms. The van der Waals surface area contributed by atoms with Gasteiger partial charge in [-0.25, -0.2) is 22.5 Å². The van der Waals surface area contributed by atoms with Crippen molar-refractivity contribution in [3.63, 3.8) is 0 Å². The lowest BCUT2D eigenvalue weighted by Crippen LogP contribution is -2.40. The number of hydrogen-bond acceptors (Lipinski definition) is 5. The van der Waals surface area contributed by atoms with Crippen molar-refractivity contribution in [2.24, 2.45) is 5.92 Å². The minimum atomic E-state index is -5.21. The van der Waals surface area contributed by atoms with E-state index in [0.717, 1.165) is 30.3 Å². The summed E-state index contributed by atoms with van der Waals surface area (Å²) in [6, 6.07) is 4.59. The molecule has 1 amide bonds. The van der Waals surface area contributed by atoms with Crippen molar-refractivity contribution in [2.75, 3.05) is 0 Å². The Balaban J connectivity index is 1.84. The molecule has 1 saturated carbocycles. The SMILES string of the molecule is O=C(NC(c1cn(-c2ccc(C(F)(F)F)nc2)nc1C(F)(F)F)S(=O)(=O)c1ccc(F)cc1)C1CCC1. The number of benzene rings is 1. The Kier molecular flexibility index (Phi) is 6.77. The van der Waals surface area contributed by atoms with Gasteiger partial charge in [-0.3, -0.25) is 4.79 Å². The molecule has 0 bridgehead atoms. The van der Waals surface area contributed by atoms with Crippen LogP contribution in [0.25, 0.3) is 5.69 Å². The second-order valence-corrected chi connectivity index (χ2v) is 10.3. The Morgan fingerprint density at radius 3 is 2.14 bits per heavy atom. The van der Waals surface area contributed by atoms with Gasteiger partial charge in [0.2, 0.25) is 15.7 Å². The van der Waals surface area contributed by atoms with Crippen molar-refractivity contribution in [2.45, 2.75) is 41.9 Å². The standard InChI is InChI=1S/C22H17F7N4O3S/c23-13-4-7-15(8-5-13)37(35,36)20(31-19(34)12-2-1-3-12)16-11-33(32-18(16)22(27,28)29)14-6-9-17(30-10-14)21(24,25)26/h4-12,20H,1-3H2,(H,31,34).